The molecule has 1 atom stereocenters. The predicted molar refractivity (Wildman–Crippen MR) is 94.3 cm³/mol. The van der Waals surface area contributed by atoms with Crippen molar-refractivity contribution in [3.63, 3.8) is 0 Å². The Morgan fingerprint density at radius 3 is 2.87 bits per heavy atom. The first-order chi connectivity index (χ1) is 10.5. The first-order valence-corrected chi connectivity index (χ1v) is 9.05. The summed E-state index contributed by atoms with van der Waals surface area (Å²) in [5, 5.41) is 0.849. The number of rotatable bonds is 3. The largest absolute Gasteiger partial charge is 0.329 e. The van der Waals surface area contributed by atoms with Crippen LogP contribution in [-0.2, 0) is 10.0 Å². The molecular formula is C16H22ClN3O2S. The number of fused-ring (bicyclic) bond motifs is 1. The zero-order chi connectivity index (χ0) is 15.7. The van der Waals surface area contributed by atoms with E-state index in [9.17, 15) is 8.42 Å². The van der Waals surface area contributed by atoms with E-state index in [0.717, 1.165) is 30.2 Å². The highest BCUT2D eigenvalue weighted by Crippen LogP contribution is 2.29. The van der Waals surface area contributed by atoms with Gasteiger partial charge in [-0.25, -0.2) is 8.42 Å². The van der Waals surface area contributed by atoms with Crippen LogP contribution in [-0.4, -0.2) is 36.8 Å². The summed E-state index contributed by atoms with van der Waals surface area (Å²) in [6.07, 6.45) is 4.44. The van der Waals surface area contributed by atoms with Crippen LogP contribution < -0.4 is 5.73 Å². The Hall–Kier alpha value is -1.21. The zero-order valence-electron chi connectivity index (χ0n) is 13.1. The van der Waals surface area contributed by atoms with Crippen molar-refractivity contribution in [3.05, 3.63) is 36.0 Å². The molecule has 0 aliphatic carbocycles. The average molecular weight is 356 g/mol. The molecular weight excluding hydrogens is 334 g/mol. The molecule has 0 bridgehead atoms. The van der Waals surface area contributed by atoms with Crippen LogP contribution in [0.4, 0.5) is 0 Å². The number of hydrogen-bond donors (Lipinski definition) is 1. The number of benzene rings is 1. The van der Waals surface area contributed by atoms with Crippen LogP contribution in [0.15, 0.2) is 35.4 Å². The number of piperidine rings is 1. The third kappa shape index (κ3) is 3.35. The highest BCUT2D eigenvalue weighted by molar-refractivity contribution is 7.89. The van der Waals surface area contributed by atoms with Gasteiger partial charge in [0.15, 0.2) is 0 Å². The second-order valence-electron chi connectivity index (χ2n) is 5.84. The molecule has 0 spiro atoms. The van der Waals surface area contributed by atoms with E-state index in [1.54, 1.807) is 22.6 Å². The molecule has 1 aromatic heterocycles. The zero-order valence-corrected chi connectivity index (χ0v) is 14.7. The minimum atomic E-state index is -3.57. The van der Waals surface area contributed by atoms with Crippen molar-refractivity contribution >= 4 is 33.3 Å². The van der Waals surface area contributed by atoms with Crippen LogP contribution in [0.1, 0.15) is 24.8 Å². The van der Waals surface area contributed by atoms with Gasteiger partial charge in [-0.05, 0) is 37.5 Å². The Kier molecular flexibility index (Phi) is 5.62. The lowest BCUT2D eigenvalue weighted by molar-refractivity contribution is 0.258. The summed E-state index contributed by atoms with van der Waals surface area (Å²) in [6, 6.07) is 7.16. The predicted octanol–water partition coefficient (Wildman–Crippen LogP) is 2.47. The number of aryl methyl sites for hydroxylation is 1. The maximum atomic E-state index is 13.1. The molecule has 3 rings (SSSR count). The number of hydrogen-bond acceptors (Lipinski definition) is 4. The number of para-hydroxylation sites is 1. The second-order valence-corrected chi connectivity index (χ2v) is 7.70. The molecule has 23 heavy (non-hydrogen) atoms. The fourth-order valence-corrected chi connectivity index (χ4v) is 4.97. The molecule has 2 heterocycles. The van der Waals surface area contributed by atoms with Gasteiger partial charge in [0, 0.05) is 30.7 Å². The van der Waals surface area contributed by atoms with E-state index in [1.807, 2.05) is 19.1 Å². The van der Waals surface area contributed by atoms with Gasteiger partial charge in [0.25, 0.3) is 0 Å². The minimum Gasteiger partial charge on any atom is -0.329 e. The first-order valence-electron chi connectivity index (χ1n) is 7.61. The Morgan fingerprint density at radius 1 is 1.35 bits per heavy atom. The lowest BCUT2D eigenvalue weighted by Gasteiger charge is -2.34. The van der Waals surface area contributed by atoms with Gasteiger partial charge >= 0.3 is 0 Å². The van der Waals surface area contributed by atoms with Crippen LogP contribution in [0.25, 0.3) is 10.9 Å². The van der Waals surface area contributed by atoms with Crippen LogP contribution in [0.3, 0.4) is 0 Å². The normalized spacial score (nSPS) is 19.5. The summed E-state index contributed by atoms with van der Waals surface area (Å²) in [4.78, 5) is 4.64. The van der Waals surface area contributed by atoms with Crippen LogP contribution in [0.5, 0.6) is 0 Å². The van der Waals surface area contributed by atoms with E-state index in [1.165, 1.54) is 0 Å². The fourth-order valence-electron chi connectivity index (χ4n) is 3.10. The molecule has 1 aliphatic rings. The summed E-state index contributed by atoms with van der Waals surface area (Å²) < 4.78 is 27.7. The molecule has 126 valence electrons. The van der Waals surface area contributed by atoms with Gasteiger partial charge in [0.2, 0.25) is 10.0 Å². The smallest absolute Gasteiger partial charge is 0.245 e. The Labute approximate surface area is 143 Å². The minimum absolute atomic E-state index is 0. The molecule has 0 radical (unpaired) electrons. The number of halogens is 1. The number of nitrogens with two attached hydrogens (primary N) is 1. The molecule has 0 amide bonds. The molecule has 1 aromatic carbocycles. The third-order valence-electron chi connectivity index (χ3n) is 4.24. The molecule has 0 saturated carbocycles. The van der Waals surface area contributed by atoms with Crippen molar-refractivity contribution in [2.45, 2.75) is 37.1 Å². The summed E-state index contributed by atoms with van der Waals surface area (Å²) in [5.74, 6) is 0. The lowest BCUT2D eigenvalue weighted by atomic mass is 10.1. The Morgan fingerprint density at radius 2 is 2.13 bits per heavy atom. The molecule has 5 nitrogen and oxygen atoms in total. The molecule has 2 aromatic rings. The molecule has 1 unspecified atom stereocenters. The van der Waals surface area contributed by atoms with Crippen molar-refractivity contribution in [3.8, 4) is 0 Å². The van der Waals surface area contributed by atoms with Gasteiger partial charge in [0.1, 0.15) is 4.90 Å². The molecule has 1 aliphatic heterocycles. The highest BCUT2D eigenvalue weighted by Gasteiger charge is 2.33. The number of nitrogens with zero attached hydrogens (tertiary/aromatic N) is 2. The number of sulfonamides is 1. The maximum Gasteiger partial charge on any atom is 0.245 e. The van der Waals surface area contributed by atoms with E-state index in [-0.39, 0.29) is 23.3 Å². The number of pyridine rings is 1. The van der Waals surface area contributed by atoms with Crippen molar-refractivity contribution in [2.24, 2.45) is 5.73 Å². The van der Waals surface area contributed by atoms with Crippen LogP contribution in [0, 0.1) is 6.92 Å². The average Bonchev–Trinajstić information content (AvgIpc) is 2.53. The quantitative estimate of drug-likeness (QED) is 0.917. The first kappa shape index (κ1) is 18.1. The second kappa shape index (κ2) is 7.13. The molecule has 7 heteroatoms. The van der Waals surface area contributed by atoms with Gasteiger partial charge in [-0.1, -0.05) is 18.6 Å². The van der Waals surface area contributed by atoms with E-state index in [0.29, 0.717) is 18.6 Å². The monoisotopic (exact) mass is 355 g/mol. The Balaban J connectivity index is 0.00000192. The summed E-state index contributed by atoms with van der Waals surface area (Å²) in [6.45, 7) is 2.84. The van der Waals surface area contributed by atoms with Crippen molar-refractivity contribution in [2.75, 3.05) is 13.1 Å². The van der Waals surface area contributed by atoms with E-state index < -0.39 is 10.0 Å². The standard InChI is InChI=1S/C16H21N3O2S.ClH/c1-12-9-13-5-4-7-15(16(13)18-11-12)22(20,21)19-8-3-2-6-14(19)10-17;/h4-5,7,9,11,14H,2-3,6,8,10,17H2,1H3;1H. The van der Waals surface area contributed by atoms with Gasteiger partial charge in [-0.2, -0.15) is 4.31 Å². The topological polar surface area (TPSA) is 76.3 Å². The fraction of sp³-hybridized carbons (Fsp3) is 0.438. The molecule has 1 fully saturated rings. The molecule has 2 N–H and O–H groups in total. The Bertz CT molecular complexity index is 795. The van der Waals surface area contributed by atoms with Gasteiger partial charge in [-0.15, -0.1) is 12.4 Å². The summed E-state index contributed by atoms with van der Waals surface area (Å²) in [5.41, 5.74) is 7.33. The van der Waals surface area contributed by atoms with Crippen molar-refractivity contribution < 1.29 is 8.42 Å². The maximum absolute atomic E-state index is 13.1. The van der Waals surface area contributed by atoms with Gasteiger partial charge in [0.05, 0.1) is 5.52 Å². The van der Waals surface area contributed by atoms with Gasteiger partial charge in [-0.3, -0.25) is 4.98 Å². The SMILES string of the molecule is Cc1cnc2c(S(=O)(=O)N3CCCCC3CN)cccc2c1.Cl. The summed E-state index contributed by atoms with van der Waals surface area (Å²) >= 11 is 0. The van der Waals surface area contributed by atoms with Crippen molar-refractivity contribution in [1.82, 2.24) is 9.29 Å². The van der Waals surface area contributed by atoms with E-state index in [4.69, 9.17) is 5.73 Å². The van der Waals surface area contributed by atoms with Crippen LogP contribution >= 0.6 is 12.4 Å². The lowest BCUT2D eigenvalue weighted by Crippen LogP contribution is -2.47. The molecule has 1 saturated heterocycles. The highest BCUT2D eigenvalue weighted by atomic mass is 35.5. The third-order valence-corrected chi connectivity index (χ3v) is 6.23. The van der Waals surface area contributed by atoms with Crippen molar-refractivity contribution in [1.29, 1.82) is 0 Å². The summed E-state index contributed by atoms with van der Waals surface area (Å²) in [7, 11) is -3.57. The van der Waals surface area contributed by atoms with E-state index >= 15 is 0 Å². The number of aromatic nitrogens is 1. The van der Waals surface area contributed by atoms with E-state index in [2.05, 4.69) is 4.98 Å². The van der Waals surface area contributed by atoms with Gasteiger partial charge < -0.3 is 5.73 Å². The van der Waals surface area contributed by atoms with Crippen LogP contribution in [0.2, 0.25) is 0 Å².